The van der Waals surface area contributed by atoms with E-state index in [0.717, 1.165) is 62.9 Å². The van der Waals surface area contributed by atoms with Crippen LogP contribution < -0.4 is 14.2 Å². The number of nitrogens with zero attached hydrogens (tertiary/aromatic N) is 3. The molecular formula is C48H52N4O7S2. The third kappa shape index (κ3) is 8.82. The summed E-state index contributed by atoms with van der Waals surface area (Å²) in [5.41, 5.74) is 1.39. The molecule has 13 heteroatoms. The number of hydrogen-bond acceptors (Lipinski definition) is 10. The van der Waals surface area contributed by atoms with E-state index < -0.39 is 38.7 Å². The monoisotopic (exact) mass is 860 g/mol. The van der Waals surface area contributed by atoms with Gasteiger partial charge in [0.1, 0.15) is 16.6 Å². The summed E-state index contributed by atoms with van der Waals surface area (Å²) in [4.78, 5) is 55.5. The van der Waals surface area contributed by atoms with Gasteiger partial charge in [-0.3, -0.25) is 19.1 Å². The van der Waals surface area contributed by atoms with Gasteiger partial charge in [0, 0.05) is 34.4 Å². The van der Waals surface area contributed by atoms with Crippen LogP contribution in [-0.4, -0.2) is 70.9 Å². The van der Waals surface area contributed by atoms with Crippen molar-refractivity contribution in [3.05, 3.63) is 96.6 Å². The van der Waals surface area contributed by atoms with Crippen molar-refractivity contribution in [1.82, 2.24) is 19.6 Å². The molecule has 3 aromatic carbocycles. The van der Waals surface area contributed by atoms with Crippen molar-refractivity contribution in [3.8, 4) is 23.0 Å². The number of aromatic nitrogens is 2. The van der Waals surface area contributed by atoms with Gasteiger partial charge in [0.05, 0.1) is 34.9 Å². The SMILES string of the molecule is CC(C)Oc1ccc(-c2nc(O[C@@H]3C[C@H]4C(=O)C[C@]5(C(=O)NS(=O)(=O)C6CC6)C[C@@H]5/C=C\CCCCC[C@H](Cc5ccccc5)C(=O)N4C3)c3sc4ccccc4c3n2)cc1. The van der Waals surface area contributed by atoms with Gasteiger partial charge in [-0.15, -0.1) is 11.3 Å². The fourth-order valence-corrected chi connectivity index (χ4v) is 11.6. The molecule has 318 valence electrons. The number of hydrogen-bond donors (Lipinski definition) is 1. The first-order valence-corrected chi connectivity index (χ1v) is 24.1. The number of ketones is 1. The minimum absolute atomic E-state index is 0.0253. The van der Waals surface area contributed by atoms with Gasteiger partial charge in [0.25, 0.3) is 0 Å². The van der Waals surface area contributed by atoms with E-state index in [4.69, 9.17) is 19.4 Å². The van der Waals surface area contributed by atoms with Gasteiger partial charge in [-0.25, -0.2) is 13.4 Å². The van der Waals surface area contributed by atoms with Crippen molar-refractivity contribution >= 4 is 59.3 Å². The molecule has 2 saturated carbocycles. The Morgan fingerprint density at radius 2 is 1.72 bits per heavy atom. The zero-order valence-electron chi connectivity index (χ0n) is 34.6. The molecule has 11 nitrogen and oxygen atoms in total. The predicted octanol–water partition coefficient (Wildman–Crippen LogP) is 8.60. The molecule has 4 aliphatic rings. The average Bonchev–Trinajstić information content (AvgIpc) is 4.15. The molecule has 2 aliphatic carbocycles. The third-order valence-electron chi connectivity index (χ3n) is 12.6. The number of carbonyl (C=O) groups excluding carboxylic acids is 3. The predicted molar refractivity (Wildman–Crippen MR) is 237 cm³/mol. The molecule has 9 rings (SSSR count). The number of allylic oxidation sites excluding steroid dienone is 2. The third-order valence-corrected chi connectivity index (χ3v) is 15.6. The maximum Gasteiger partial charge on any atom is 0.240 e. The van der Waals surface area contributed by atoms with Gasteiger partial charge in [0.15, 0.2) is 11.6 Å². The molecule has 1 saturated heterocycles. The Morgan fingerprint density at radius 3 is 2.49 bits per heavy atom. The van der Waals surface area contributed by atoms with Crippen LogP contribution in [0.15, 0.2) is 91.0 Å². The van der Waals surface area contributed by atoms with Crippen molar-refractivity contribution in [2.75, 3.05) is 6.54 Å². The van der Waals surface area contributed by atoms with E-state index in [1.165, 1.54) is 11.3 Å². The maximum atomic E-state index is 15.0. The lowest BCUT2D eigenvalue weighted by Gasteiger charge is -2.29. The first-order valence-electron chi connectivity index (χ1n) is 21.7. The van der Waals surface area contributed by atoms with E-state index in [1.54, 1.807) is 4.90 Å². The number of fused-ring (bicyclic) bond motifs is 5. The number of carbonyl (C=O) groups is 3. The Labute approximate surface area is 361 Å². The molecular weight excluding hydrogens is 809 g/mol. The first kappa shape index (κ1) is 41.2. The molecule has 2 aliphatic heterocycles. The van der Waals surface area contributed by atoms with Crippen LogP contribution in [0.25, 0.3) is 31.7 Å². The van der Waals surface area contributed by atoms with Gasteiger partial charge in [-0.05, 0) is 101 Å². The van der Waals surface area contributed by atoms with E-state index >= 15 is 0 Å². The fraction of sp³-hybridized carbons (Fsp3) is 0.438. The van der Waals surface area contributed by atoms with Crippen LogP contribution in [0.4, 0.5) is 0 Å². The van der Waals surface area contributed by atoms with Gasteiger partial charge >= 0.3 is 0 Å². The van der Waals surface area contributed by atoms with Crippen molar-refractivity contribution in [1.29, 1.82) is 0 Å². The summed E-state index contributed by atoms with van der Waals surface area (Å²) in [6.45, 7) is 4.12. The Hall–Kier alpha value is -5.14. The molecule has 0 radical (unpaired) electrons. The van der Waals surface area contributed by atoms with E-state index in [0.29, 0.717) is 43.8 Å². The number of thiophene rings is 1. The van der Waals surface area contributed by atoms with Gasteiger partial charge < -0.3 is 14.4 Å². The summed E-state index contributed by atoms with van der Waals surface area (Å²) in [6, 6.07) is 24.8. The minimum atomic E-state index is -3.83. The minimum Gasteiger partial charge on any atom is -0.491 e. The van der Waals surface area contributed by atoms with E-state index in [-0.39, 0.29) is 49.0 Å². The number of benzene rings is 3. The molecule has 0 unspecified atom stereocenters. The van der Waals surface area contributed by atoms with Crippen LogP contribution in [-0.2, 0) is 30.8 Å². The molecule has 2 aromatic heterocycles. The van der Waals surface area contributed by atoms with Crippen LogP contribution in [0.5, 0.6) is 11.6 Å². The molecule has 3 fully saturated rings. The maximum absolute atomic E-state index is 15.0. The largest absolute Gasteiger partial charge is 0.491 e. The van der Waals surface area contributed by atoms with Crippen LogP contribution >= 0.6 is 11.3 Å². The van der Waals surface area contributed by atoms with Crippen molar-refractivity contribution < 1.29 is 32.3 Å². The second-order valence-electron chi connectivity index (χ2n) is 17.5. The molecule has 1 N–H and O–H groups in total. The molecule has 5 aromatic rings. The van der Waals surface area contributed by atoms with Crippen molar-refractivity contribution in [3.63, 3.8) is 0 Å². The lowest BCUT2D eigenvalue weighted by Crippen LogP contribution is -2.46. The highest BCUT2D eigenvalue weighted by atomic mass is 32.2. The molecule has 5 atom stereocenters. The highest BCUT2D eigenvalue weighted by molar-refractivity contribution is 7.90. The summed E-state index contributed by atoms with van der Waals surface area (Å²) in [7, 11) is -3.83. The number of nitrogens with one attached hydrogen (secondary N) is 1. The Kier molecular flexibility index (Phi) is 11.5. The van der Waals surface area contributed by atoms with Crippen LogP contribution in [0, 0.1) is 17.3 Å². The van der Waals surface area contributed by atoms with Gasteiger partial charge in [-0.2, -0.15) is 4.98 Å². The summed E-state index contributed by atoms with van der Waals surface area (Å²) in [5, 5.41) is 0.401. The average molecular weight is 861 g/mol. The Balaban J connectivity index is 1.06. The lowest BCUT2D eigenvalue weighted by atomic mass is 9.90. The molecule has 61 heavy (non-hydrogen) atoms. The lowest BCUT2D eigenvalue weighted by molar-refractivity contribution is -0.142. The van der Waals surface area contributed by atoms with Crippen LogP contribution in [0.1, 0.15) is 83.6 Å². The summed E-state index contributed by atoms with van der Waals surface area (Å²) in [5.74, 6) is -0.0342. The number of Topliss-reactive ketones (excluding diaryl/α,β-unsaturated/α-hetero) is 1. The summed E-state index contributed by atoms with van der Waals surface area (Å²) >= 11 is 1.54. The topological polar surface area (TPSA) is 145 Å². The van der Waals surface area contributed by atoms with E-state index in [2.05, 4.69) is 10.8 Å². The summed E-state index contributed by atoms with van der Waals surface area (Å²) < 4.78 is 43.0. The standard InChI is InChI=1S/C48H52N4O7S2/c1-30(2)58-35-21-19-32(20-22-35)44-49-42-38-17-11-12-18-41(38)60-43(42)45(50-44)59-36-26-39-40(53)28-48(47(55)51-61(56,57)37-23-24-37)27-34(48)16-10-5-3-4-9-15-33(46(54)52(39)29-36)25-31-13-7-6-8-14-31/h6-8,10-14,16-22,30,33-34,36-37,39H,3-5,9,15,23-29H2,1-2H3,(H,51,55)/b16-10-/t33-,34+,36-,39+,48-/m1/s1. The van der Waals surface area contributed by atoms with Crippen molar-refractivity contribution in [2.45, 2.75) is 108 Å². The second kappa shape index (κ2) is 17.0. The molecule has 0 bridgehead atoms. The Bertz CT molecular complexity index is 2590. The quantitative estimate of drug-likeness (QED) is 0.137. The van der Waals surface area contributed by atoms with Gasteiger partial charge in [0.2, 0.25) is 27.7 Å². The number of amides is 2. The smallest absolute Gasteiger partial charge is 0.240 e. The summed E-state index contributed by atoms with van der Waals surface area (Å²) in [6.07, 6.45) is 9.66. The molecule has 4 heterocycles. The zero-order chi connectivity index (χ0) is 42.3. The second-order valence-corrected chi connectivity index (χ2v) is 20.6. The highest BCUT2D eigenvalue weighted by Crippen LogP contribution is 2.57. The number of sulfonamides is 1. The van der Waals surface area contributed by atoms with Gasteiger partial charge in [-0.1, -0.05) is 73.5 Å². The highest BCUT2D eigenvalue weighted by Gasteiger charge is 2.61. The fourth-order valence-electron chi connectivity index (χ4n) is 9.11. The van der Waals surface area contributed by atoms with E-state index in [1.807, 2.05) is 98.8 Å². The van der Waals surface area contributed by atoms with Crippen molar-refractivity contribution in [2.24, 2.45) is 17.3 Å². The Morgan fingerprint density at radius 1 is 0.951 bits per heavy atom. The number of ether oxygens (including phenoxy) is 2. The van der Waals surface area contributed by atoms with Crippen LogP contribution in [0.2, 0.25) is 0 Å². The van der Waals surface area contributed by atoms with E-state index in [9.17, 15) is 22.8 Å². The van der Waals surface area contributed by atoms with Crippen LogP contribution in [0.3, 0.4) is 0 Å². The number of rotatable bonds is 10. The molecule has 2 amide bonds. The zero-order valence-corrected chi connectivity index (χ0v) is 36.3. The first-order chi connectivity index (χ1) is 29.5. The molecule has 0 spiro atoms. The normalized spacial score (nSPS) is 25.4.